The second kappa shape index (κ2) is 5.63. The lowest BCUT2D eigenvalue weighted by molar-refractivity contribution is 0.0690. The average Bonchev–Trinajstić information content (AvgIpc) is 2.71. The van der Waals surface area contributed by atoms with E-state index in [0.717, 1.165) is 22.1 Å². The van der Waals surface area contributed by atoms with Gasteiger partial charge in [0.05, 0.1) is 5.25 Å². The van der Waals surface area contributed by atoms with Gasteiger partial charge in [-0.05, 0) is 13.3 Å². The molecule has 0 aromatic carbocycles. The van der Waals surface area contributed by atoms with Crippen LogP contribution in [0.5, 0.6) is 0 Å². The van der Waals surface area contributed by atoms with E-state index < -0.39 is 5.97 Å². The number of aromatic carboxylic acids is 1. The van der Waals surface area contributed by atoms with Crippen molar-refractivity contribution < 1.29 is 9.90 Å². The number of carbonyl (C=O) groups is 1. The van der Waals surface area contributed by atoms with Crippen molar-refractivity contribution in [2.45, 2.75) is 30.8 Å². The fourth-order valence-corrected chi connectivity index (χ4v) is 6.20. The summed E-state index contributed by atoms with van der Waals surface area (Å²) >= 11 is 5.45. The van der Waals surface area contributed by atoms with Crippen molar-refractivity contribution in [2.24, 2.45) is 0 Å². The molecule has 1 aromatic heterocycles. The number of aromatic nitrogens is 1. The van der Waals surface area contributed by atoms with Crippen LogP contribution in [0, 0.1) is 6.92 Å². The number of nitrogens with zero attached hydrogens (tertiary/aromatic N) is 1. The molecule has 0 bridgehead atoms. The molecule has 0 spiro atoms. The highest BCUT2D eigenvalue weighted by molar-refractivity contribution is 8.06. The van der Waals surface area contributed by atoms with Gasteiger partial charge in [0.2, 0.25) is 0 Å². The van der Waals surface area contributed by atoms with Crippen LogP contribution in [-0.2, 0) is 0 Å². The van der Waals surface area contributed by atoms with Crippen molar-refractivity contribution >= 4 is 40.8 Å². The smallest absolute Gasteiger partial charge is 0.355 e. The lowest BCUT2D eigenvalue weighted by atomic mass is 10.2. The van der Waals surface area contributed by atoms with Crippen molar-refractivity contribution in [2.75, 3.05) is 11.5 Å². The number of hydrogen-bond donors (Lipinski definition) is 1. The fraction of sp³-hybridized carbons (Fsp3) is 0.636. The second-order valence-corrected chi connectivity index (χ2v) is 7.70. The minimum Gasteiger partial charge on any atom is -0.476 e. The molecule has 0 saturated carbocycles. The first-order valence-corrected chi connectivity index (χ1v) is 8.48. The average molecular weight is 289 g/mol. The number of thioether (sulfide) groups is 2. The molecule has 0 aliphatic carbocycles. The number of thiazole rings is 1. The molecule has 0 radical (unpaired) electrons. The lowest BCUT2D eigenvalue weighted by Gasteiger charge is -2.28. The van der Waals surface area contributed by atoms with E-state index in [1.54, 1.807) is 11.3 Å². The van der Waals surface area contributed by atoms with E-state index in [2.05, 4.69) is 11.9 Å². The summed E-state index contributed by atoms with van der Waals surface area (Å²) in [6.07, 6.45) is 1.11. The quantitative estimate of drug-likeness (QED) is 0.923. The number of aryl methyl sites for hydroxylation is 1. The number of rotatable bonds is 3. The molecular formula is C11H15NO2S3. The molecule has 6 heteroatoms. The summed E-state index contributed by atoms with van der Waals surface area (Å²) in [4.78, 5) is 16.1. The van der Waals surface area contributed by atoms with Crippen molar-refractivity contribution in [3.05, 3.63) is 15.6 Å². The third-order valence-corrected chi connectivity index (χ3v) is 7.17. The van der Waals surface area contributed by atoms with Gasteiger partial charge in [-0.3, -0.25) is 0 Å². The zero-order chi connectivity index (χ0) is 12.4. The van der Waals surface area contributed by atoms with Crippen molar-refractivity contribution in [1.29, 1.82) is 0 Å². The van der Waals surface area contributed by atoms with E-state index in [0.29, 0.717) is 10.5 Å². The molecule has 1 aromatic rings. The highest BCUT2D eigenvalue weighted by atomic mass is 32.2. The molecule has 2 unspecified atom stereocenters. The Morgan fingerprint density at radius 1 is 1.47 bits per heavy atom. The van der Waals surface area contributed by atoms with E-state index in [9.17, 15) is 4.79 Å². The molecule has 1 saturated heterocycles. The lowest BCUT2D eigenvalue weighted by Crippen LogP contribution is -2.18. The molecule has 2 rings (SSSR count). The largest absolute Gasteiger partial charge is 0.476 e. The highest BCUT2D eigenvalue weighted by Gasteiger charge is 2.30. The first-order chi connectivity index (χ1) is 8.13. The van der Waals surface area contributed by atoms with E-state index in [1.807, 2.05) is 30.4 Å². The zero-order valence-electron chi connectivity index (χ0n) is 9.80. The van der Waals surface area contributed by atoms with Crippen molar-refractivity contribution in [3.8, 4) is 0 Å². The van der Waals surface area contributed by atoms with Gasteiger partial charge in [0.25, 0.3) is 0 Å². The number of carboxylic acid groups (broad SMARTS) is 1. The van der Waals surface area contributed by atoms with E-state index in [1.165, 1.54) is 5.75 Å². The predicted molar refractivity (Wildman–Crippen MR) is 75.5 cm³/mol. The van der Waals surface area contributed by atoms with Gasteiger partial charge >= 0.3 is 5.97 Å². The summed E-state index contributed by atoms with van der Waals surface area (Å²) < 4.78 is 0. The summed E-state index contributed by atoms with van der Waals surface area (Å²) in [7, 11) is 0. The standard InChI is InChI=1S/C11H15NO2S3/c1-3-7-9(16-5-4-15-7)10-12-8(11(13)14)6(2)17-10/h7,9H,3-5H2,1-2H3,(H,13,14). The van der Waals surface area contributed by atoms with Crippen LogP contribution in [0.15, 0.2) is 0 Å². The van der Waals surface area contributed by atoms with Crippen molar-refractivity contribution in [3.63, 3.8) is 0 Å². The van der Waals surface area contributed by atoms with Gasteiger partial charge in [-0.1, -0.05) is 6.92 Å². The van der Waals surface area contributed by atoms with Gasteiger partial charge in [0.15, 0.2) is 5.69 Å². The topological polar surface area (TPSA) is 50.2 Å². The maximum Gasteiger partial charge on any atom is 0.355 e. The summed E-state index contributed by atoms with van der Waals surface area (Å²) in [5, 5.41) is 11.0. The molecule has 94 valence electrons. The van der Waals surface area contributed by atoms with E-state index in [4.69, 9.17) is 5.11 Å². The van der Waals surface area contributed by atoms with Crippen LogP contribution in [0.4, 0.5) is 0 Å². The van der Waals surface area contributed by atoms with Crippen LogP contribution in [0.2, 0.25) is 0 Å². The summed E-state index contributed by atoms with van der Waals surface area (Å²) in [6, 6.07) is 0. The SMILES string of the molecule is CCC1SCCSC1c1nc(C(=O)O)c(C)s1. The van der Waals surface area contributed by atoms with Crippen LogP contribution in [0.25, 0.3) is 0 Å². The van der Waals surface area contributed by atoms with Gasteiger partial charge in [-0.25, -0.2) is 9.78 Å². The number of carboxylic acids is 1. The third kappa shape index (κ3) is 2.80. The molecule has 3 nitrogen and oxygen atoms in total. The van der Waals surface area contributed by atoms with Crippen LogP contribution >= 0.6 is 34.9 Å². The monoisotopic (exact) mass is 289 g/mol. The Morgan fingerprint density at radius 3 is 2.76 bits per heavy atom. The highest BCUT2D eigenvalue weighted by Crippen LogP contribution is 2.45. The van der Waals surface area contributed by atoms with Gasteiger partial charge in [-0.2, -0.15) is 11.8 Å². The third-order valence-electron chi connectivity index (χ3n) is 2.71. The maximum absolute atomic E-state index is 11.0. The Bertz CT molecular complexity index is 419. The van der Waals surface area contributed by atoms with Crippen molar-refractivity contribution in [1.82, 2.24) is 4.98 Å². The molecule has 1 fully saturated rings. The van der Waals surface area contributed by atoms with E-state index >= 15 is 0 Å². The van der Waals surface area contributed by atoms with Crippen LogP contribution in [0.1, 0.15) is 39.0 Å². The molecule has 0 amide bonds. The van der Waals surface area contributed by atoms with E-state index in [-0.39, 0.29) is 5.69 Å². The predicted octanol–water partition coefficient (Wildman–Crippen LogP) is 3.45. The minimum atomic E-state index is -0.911. The zero-order valence-corrected chi connectivity index (χ0v) is 12.3. The Kier molecular flexibility index (Phi) is 4.38. The molecule has 2 heterocycles. The Labute approximate surface area is 113 Å². The molecule has 17 heavy (non-hydrogen) atoms. The Balaban J connectivity index is 2.26. The Morgan fingerprint density at radius 2 is 2.18 bits per heavy atom. The number of hydrogen-bond acceptors (Lipinski definition) is 5. The summed E-state index contributed by atoms with van der Waals surface area (Å²) in [5.74, 6) is 1.41. The summed E-state index contributed by atoms with van der Waals surface area (Å²) in [6.45, 7) is 4.03. The molecule has 1 aliphatic heterocycles. The molecule has 1 aliphatic rings. The summed E-state index contributed by atoms with van der Waals surface area (Å²) in [5.41, 5.74) is 0.232. The molecule has 1 N–H and O–H groups in total. The normalized spacial score (nSPS) is 24.8. The van der Waals surface area contributed by atoms with Crippen LogP contribution in [0.3, 0.4) is 0 Å². The van der Waals surface area contributed by atoms with Crippen LogP contribution in [-0.4, -0.2) is 32.8 Å². The van der Waals surface area contributed by atoms with Gasteiger partial charge in [0, 0.05) is 21.6 Å². The van der Waals surface area contributed by atoms with Gasteiger partial charge in [0.1, 0.15) is 5.01 Å². The van der Waals surface area contributed by atoms with Crippen LogP contribution < -0.4 is 0 Å². The van der Waals surface area contributed by atoms with Gasteiger partial charge in [-0.15, -0.1) is 23.1 Å². The first-order valence-electron chi connectivity index (χ1n) is 5.57. The molecule has 2 atom stereocenters. The first kappa shape index (κ1) is 13.2. The minimum absolute atomic E-state index is 0.232. The maximum atomic E-state index is 11.0. The Hall–Kier alpha value is -0.200. The van der Waals surface area contributed by atoms with Gasteiger partial charge < -0.3 is 5.11 Å². The second-order valence-electron chi connectivity index (χ2n) is 3.87. The fourth-order valence-electron chi connectivity index (χ4n) is 1.87. The molecular weight excluding hydrogens is 274 g/mol.